The molecule has 1 fully saturated rings. The van der Waals surface area contributed by atoms with Gasteiger partial charge < -0.3 is 14.2 Å². The summed E-state index contributed by atoms with van der Waals surface area (Å²) in [7, 11) is 1.78. The fraction of sp³-hybridized carbons (Fsp3) is 0.444. The second kappa shape index (κ2) is 7.59. The number of ether oxygens (including phenoxy) is 1. The normalized spacial score (nSPS) is 15.4. The van der Waals surface area contributed by atoms with Crippen LogP contribution in [0.25, 0.3) is 0 Å². The Bertz CT molecular complexity index is 692. The van der Waals surface area contributed by atoms with Crippen molar-refractivity contribution in [3.63, 3.8) is 0 Å². The summed E-state index contributed by atoms with van der Waals surface area (Å²) in [5.74, 6) is 0.583. The Kier molecular flexibility index (Phi) is 5.27. The Morgan fingerprint density at radius 3 is 2.79 bits per heavy atom. The van der Waals surface area contributed by atoms with Crippen LogP contribution in [-0.4, -0.2) is 54.2 Å². The van der Waals surface area contributed by atoms with E-state index in [1.54, 1.807) is 18.0 Å². The van der Waals surface area contributed by atoms with E-state index in [4.69, 9.17) is 9.26 Å². The molecule has 0 unspecified atom stereocenters. The van der Waals surface area contributed by atoms with Gasteiger partial charge in [-0.15, -0.1) is 0 Å². The van der Waals surface area contributed by atoms with Crippen molar-refractivity contribution in [1.29, 1.82) is 0 Å². The van der Waals surface area contributed by atoms with Gasteiger partial charge in [-0.3, -0.25) is 9.69 Å². The topological polar surface area (TPSA) is 58.8 Å². The number of hydrogen-bond acceptors (Lipinski definition) is 5. The van der Waals surface area contributed by atoms with Gasteiger partial charge in [0, 0.05) is 32.7 Å². The SMILES string of the molecule is Cc1ccccc1CN(C)C(=O)c1cc(CN2CCOCC2)on1. The summed E-state index contributed by atoms with van der Waals surface area (Å²) in [6.45, 7) is 6.47. The summed E-state index contributed by atoms with van der Waals surface area (Å²) in [5, 5.41) is 3.94. The van der Waals surface area contributed by atoms with Crippen molar-refractivity contribution in [3.05, 3.63) is 52.9 Å². The molecule has 1 aliphatic rings. The van der Waals surface area contributed by atoms with Gasteiger partial charge in [-0.1, -0.05) is 29.4 Å². The highest BCUT2D eigenvalue weighted by Gasteiger charge is 2.19. The fourth-order valence-corrected chi connectivity index (χ4v) is 2.78. The molecule has 0 aliphatic carbocycles. The predicted molar refractivity (Wildman–Crippen MR) is 89.6 cm³/mol. The minimum atomic E-state index is -0.129. The van der Waals surface area contributed by atoms with E-state index in [0.29, 0.717) is 24.5 Å². The molecule has 2 heterocycles. The molecule has 1 aromatic heterocycles. The number of benzene rings is 1. The van der Waals surface area contributed by atoms with Crippen molar-refractivity contribution in [3.8, 4) is 0 Å². The molecule has 6 heteroatoms. The summed E-state index contributed by atoms with van der Waals surface area (Å²) in [6.07, 6.45) is 0. The fourth-order valence-electron chi connectivity index (χ4n) is 2.78. The van der Waals surface area contributed by atoms with Crippen LogP contribution in [0.3, 0.4) is 0 Å². The molecule has 128 valence electrons. The van der Waals surface area contributed by atoms with Crippen molar-refractivity contribution in [2.45, 2.75) is 20.0 Å². The first-order valence-electron chi connectivity index (χ1n) is 8.19. The lowest BCUT2D eigenvalue weighted by Crippen LogP contribution is -2.35. The average Bonchev–Trinajstić information content (AvgIpc) is 3.05. The lowest BCUT2D eigenvalue weighted by atomic mass is 10.1. The van der Waals surface area contributed by atoms with E-state index in [2.05, 4.69) is 10.1 Å². The molecular formula is C18H23N3O3. The zero-order valence-electron chi connectivity index (χ0n) is 14.2. The Balaban J connectivity index is 1.61. The highest BCUT2D eigenvalue weighted by atomic mass is 16.5. The minimum Gasteiger partial charge on any atom is -0.379 e. The Morgan fingerprint density at radius 1 is 1.29 bits per heavy atom. The number of aromatic nitrogens is 1. The lowest BCUT2D eigenvalue weighted by Gasteiger charge is -2.25. The second-order valence-corrected chi connectivity index (χ2v) is 6.15. The van der Waals surface area contributed by atoms with Crippen LogP contribution in [0, 0.1) is 6.92 Å². The summed E-state index contributed by atoms with van der Waals surface area (Å²) in [4.78, 5) is 16.4. The summed E-state index contributed by atoms with van der Waals surface area (Å²) in [6, 6.07) is 9.80. The van der Waals surface area contributed by atoms with Crippen molar-refractivity contribution >= 4 is 5.91 Å². The van der Waals surface area contributed by atoms with E-state index < -0.39 is 0 Å². The molecule has 3 rings (SSSR count). The molecule has 1 saturated heterocycles. The molecule has 0 saturated carbocycles. The summed E-state index contributed by atoms with van der Waals surface area (Å²) < 4.78 is 10.7. The molecule has 1 aromatic carbocycles. The quantitative estimate of drug-likeness (QED) is 0.841. The second-order valence-electron chi connectivity index (χ2n) is 6.15. The first-order valence-corrected chi connectivity index (χ1v) is 8.19. The maximum absolute atomic E-state index is 12.5. The van der Waals surface area contributed by atoms with Gasteiger partial charge in [-0.05, 0) is 18.1 Å². The van der Waals surface area contributed by atoms with Crippen molar-refractivity contribution in [2.75, 3.05) is 33.4 Å². The molecule has 2 aromatic rings. The van der Waals surface area contributed by atoms with Gasteiger partial charge >= 0.3 is 0 Å². The largest absolute Gasteiger partial charge is 0.379 e. The van der Waals surface area contributed by atoms with E-state index in [9.17, 15) is 4.79 Å². The highest BCUT2D eigenvalue weighted by Crippen LogP contribution is 2.14. The third kappa shape index (κ3) is 4.01. The monoisotopic (exact) mass is 329 g/mol. The molecule has 0 N–H and O–H groups in total. The van der Waals surface area contributed by atoms with Crippen LogP contribution in [0.15, 0.2) is 34.9 Å². The van der Waals surface area contributed by atoms with Crippen molar-refractivity contribution in [2.24, 2.45) is 0 Å². The molecule has 0 atom stereocenters. The Morgan fingerprint density at radius 2 is 2.04 bits per heavy atom. The number of carbonyl (C=O) groups excluding carboxylic acids is 1. The lowest BCUT2D eigenvalue weighted by molar-refractivity contribution is 0.0305. The van der Waals surface area contributed by atoms with E-state index in [0.717, 1.165) is 31.9 Å². The molecule has 6 nitrogen and oxygen atoms in total. The van der Waals surface area contributed by atoms with Gasteiger partial charge in [0.15, 0.2) is 11.5 Å². The van der Waals surface area contributed by atoms with E-state index in [1.807, 2.05) is 31.2 Å². The number of amides is 1. The minimum absolute atomic E-state index is 0.129. The molecular weight excluding hydrogens is 306 g/mol. The average molecular weight is 329 g/mol. The van der Waals surface area contributed by atoms with Crippen molar-refractivity contribution < 1.29 is 14.1 Å². The Hall–Kier alpha value is -2.18. The van der Waals surface area contributed by atoms with E-state index >= 15 is 0 Å². The predicted octanol–water partition coefficient (Wildman–Crippen LogP) is 2.09. The maximum Gasteiger partial charge on any atom is 0.276 e. The van der Waals surface area contributed by atoms with Crippen LogP contribution in [0.4, 0.5) is 0 Å². The zero-order chi connectivity index (χ0) is 16.9. The number of carbonyl (C=O) groups is 1. The number of aryl methyl sites for hydroxylation is 1. The van der Waals surface area contributed by atoms with Crippen LogP contribution < -0.4 is 0 Å². The van der Waals surface area contributed by atoms with E-state index in [1.165, 1.54) is 5.56 Å². The standard InChI is InChI=1S/C18H23N3O3/c1-14-5-3-4-6-15(14)12-20(2)18(22)17-11-16(24-19-17)13-21-7-9-23-10-8-21/h3-6,11H,7-10,12-13H2,1-2H3. The number of morpholine rings is 1. The molecule has 1 amide bonds. The van der Waals surface area contributed by atoms with Crippen LogP contribution in [0.2, 0.25) is 0 Å². The third-order valence-electron chi connectivity index (χ3n) is 4.28. The van der Waals surface area contributed by atoms with Crippen LogP contribution in [-0.2, 0) is 17.8 Å². The molecule has 0 bridgehead atoms. The van der Waals surface area contributed by atoms with Gasteiger partial charge in [0.2, 0.25) is 0 Å². The Labute approximate surface area is 142 Å². The van der Waals surface area contributed by atoms with Gasteiger partial charge in [-0.2, -0.15) is 0 Å². The van der Waals surface area contributed by atoms with Crippen LogP contribution in [0.5, 0.6) is 0 Å². The first kappa shape index (κ1) is 16.7. The number of hydrogen-bond donors (Lipinski definition) is 0. The van der Waals surface area contributed by atoms with Gasteiger partial charge in [0.05, 0.1) is 19.8 Å². The molecule has 0 radical (unpaired) electrons. The van der Waals surface area contributed by atoms with Crippen molar-refractivity contribution in [1.82, 2.24) is 15.0 Å². The summed E-state index contributed by atoms with van der Waals surface area (Å²) >= 11 is 0. The smallest absolute Gasteiger partial charge is 0.276 e. The number of rotatable bonds is 5. The van der Waals surface area contributed by atoms with Gasteiger partial charge in [0.25, 0.3) is 5.91 Å². The van der Waals surface area contributed by atoms with E-state index in [-0.39, 0.29) is 5.91 Å². The van der Waals surface area contributed by atoms with Crippen LogP contribution >= 0.6 is 0 Å². The number of nitrogens with zero attached hydrogens (tertiary/aromatic N) is 3. The third-order valence-corrected chi connectivity index (χ3v) is 4.28. The van der Waals surface area contributed by atoms with Crippen LogP contribution in [0.1, 0.15) is 27.4 Å². The molecule has 24 heavy (non-hydrogen) atoms. The first-order chi connectivity index (χ1) is 11.6. The summed E-state index contributed by atoms with van der Waals surface area (Å²) in [5.41, 5.74) is 2.66. The molecule has 1 aliphatic heterocycles. The highest BCUT2D eigenvalue weighted by molar-refractivity contribution is 5.92. The van der Waals surface area contributed by atoms with Gasteiger partial charge in [-0.25, -0.2) is 0 Å². The maximum atomic E-state index is 12.5. The van der Waals surface area contributed by atoms with Gasteiger partial charge in [0.1, 0.15) is 0 Å². The molecule has 0 spiro atoms. The zero-order valence-corrected chi connectivity index (χ0v) is 14.2.